The third-order valence-corrected chi connectivity index (χ3v) is 6.10. The Balaban J connectivity index is 1.58. The summed E-state index contributed by atoms with van der Waals surface area (Å²) in [6.07, 6.45) is 8.75. The highest BCUT2D eigenvalue weighted by Crippen LogP contribution is 2.40. The zero-order chi connectivity index (χ0) is 17.9. The molecule has 2 aliphatic rings. The highest BCUT2D eigenvalue weighted by atomic mass is 15.3. The van der Waals surface area contributed by atoms with E-state index in [1.807, 2.05) is 7.05 Å². The molecule has 6 heteroatoms. The van der Waals surface area contributed by atoms with Crippen molar-refractivity contribution < 1.29 is 0 Å². The molecule has 25 heavy (non-hydrogen) atoms. The highest BCUT2D eigenvalue weighted by molar-refractivity contribution is 5.80. The summed E-state index contributed by atoms with van der Waals surface area (Å²) >= 11 is 0. The first kappa shape index (κ1) is 18.2. The zero-order valence-electron chi connectivity index (χ0n) is 16.3. The van der Waals surface area contributed by atoms with Crippen LogP contribution in [0.1, 0.15) is 76.9 Å². The summed E-state index contributed by atoms with van der Waals surface area (Å²) in [6, 6.07) is 0.383. The van der Waals surface area contributed by atoms with Gasteiger partial charge < -0.3 is 15.2 Å². The molecule has 1 aromatic heterocycles. The predicted octanol–water partition coefficient (Wildman–Crippen LogP) is 2.85. The number of rotatable bonds is 5. The molecule has 0 aromatic carbocycles. The molecule has 1 aliphatic heterocycles. The van der Waals surface area contributed by atoms with Crippen molar-refractivity contribution in [3.63, 3.8) is 0 Å². The molecule has 1 aromatic rings. The van der Waals surface area contributed by atoms with Crippen LogP contribution < -0.4 is 10.6 Å². The topological polar surface area (TPSA) is 67.1 Å². The van der Waals surface area contributed by atoms with E-state index in [-0.39, 0.29) is 0 Å². The van der Waals surface area contributed by atoms with Crippen LogP contribution in [0.3, 0.4) is 0 Å². The summed E-state index contributed by atoms with van der Waals surface area (Å²) in [5.41, 5.74) is 0.469. The Bertz CT molecular complexity index is 597. The maximum atomic E-state index is 4.46. The first-order valence-electron chi connectivity index (χ1n) is 9.96. The van der Waals surface area contributed by atoms with Gasteiger partial charge in [-0.3, -0.25) is 4.99 Å². The second-order valence-electron chi connectivity index (χ2n) is 8.11. The van der Waals surface area contributed by atoms with Crippen molar-refractivity contribution in [3.8, 4) is 0 Å². The second-order valence-corrected chi connectivity index (χ2v) is 8.11. The lowest BCUT2D eigenvalue weighted by atomic mass is 9.83. The molecule has 0 bridgehead atoms. The molecule has 0 radical (unpaired) electrons. The molecule has 1 fully saturated rings. The van der Waals surface area contributed by atoms with E-state index in [0.29, 0.717) is 17.4 Å². The van der Waals surface area contributed by atoms with Gasteiger partial charge in [-0.25, -0.2) is 0 Å². The average Bonchev–Trinajstić information content (AvgIpc) is 3.25. The summed E-state index contributed by atoms with van der Waals surface area (Å²) in [5.74, 6) is 3.57. The molecule has 0 amide bonds. The van der Waals surface area contributed by atoms with Crippen LogP contribution in [-0.2, 0) is 13.0 Å². The Kier molecular flexibility index (Phi) is 5.64. The molecule has 140 valence electrons. The number of aliphatic imine (C=N–C) groups is 1. The van der Waals surface area contributed by atoms with Crippen LogP contribution in [0.5, 0.6) is 0 Å². The molecule has 1 atom stereocenters. The summed E-state index contributed by atoms with van der Waals surface area (Å²) in [7, 11) is 1.87. The van der Waals surface area contributed by atoms with Gasteiger partial charge in [0.05, 0.1) is 0 Å². The van der Waals surface area contributed by atoms with Gasteiger partial charge in [0.1, 0.15) is 11.6 Å². The van der Waals surface area contributed by atoms with Crippen LogP contribution in [0.4, 0.5) is 0 Å². The molecular formula is C19H34N6. The number of fused-ring (bicyclic) bond motifs is 1. The van der Waals surface area contributed by atoms with Crippen LogP contribution >= 0.6 is 0 Å². The van der Waals surface area contributed by atoms with Crippen molar-refractivity contribution in [3.05, 3.63) is 11.6 Å². The Morgan fingerprint density at radius 1 is 1.32 bits per heavy atom. The van der Waals surface area contributed by atoms with Gasteiger partial charge in [-0.05, 0) is 31.1 Å². The minimum atomic E-state index is 0.383. The largest absolute Gasteiger partial charge is 0.356 e. The number of hydrogen-bond acceptors (Lipinski definition) is 3. The van der Waals surface area contributed by atoms with E-state index in [1.54, 1.807) is 0 Å². The van der Waals surface area contributed by atoms with Gasteiger partial charge in [0, 0.05) is 38.5 Å². The fourth-order valence-electron chi connectivity index (χ4n) is 4.33. The lowest BCUT2D eigenvalue weighted by Gasteiger charge is -2.31. The van der Waals surface area contributed by atoms with Crippen molar-refractivity contribution in [2.75, 3.05) is 13.6 Å². The predicted molar refractivity (Wildman–Crippen MR) is 102 cm³/mol. The maximum absolute atomic E-state index is 4.46. The van der Waals surface area contributed by atoms with Crippen LogP contribution in [-0.4, -0.2) is 40.4 Å². The standard InChI is InChI=1S/C19H34N6/c1-5-19(10-6-7-11-19)13-21-18(20-4)22-15-8-9-16-23-24-17(14(2)3)25(16)12-15/h14-15H,5-13H2,1-4H3,(H2,20,21,22). The molecule has 2 N–H and O–H groups in total. The third-order valence-electron chi connectivity index (χ3n) is 6.10. The third kappa shape index (κ3) is 3.98. The quantitative estimate of drug-likeness (QED) is 0.635. The molecule has 0 spiro atoms. The lowest BCUT2D eigenvalue weighted by Crippen LogP contribution is -2.49. The summed E-state index contributed by atoms with van der Waals surface area (Å²) in [5, 5.41) is 16.0. The van der Waals surface area contributed by atoms with E-state index in [1.165, 1.54) is 32.1 Å². The van der Waals surface area contributed by atoms with E-state index in [2.05, 4.69) is 51.2 Å². The van der Waals surface area contributed by atoms with Gasteiger partial charge in [-0.2, -0.15) is 0 Å². The van der Waals surface area contributed by atoms with Gasteiger partial charge in [0.25, 0.3) is 0 Å². The Labute approximate surface area is 151 Å². The first-order valence-corrected chi connectivity index (χ1v) is 9.96. The van der Waals surface area contributed by atoms with Gasteiger partial charge in [-0.15, -0.1) is 10.2 Å². The number of nitrogens with one attached hydrogen (secondary N) is 2. The van der Waals surface area contributed by atoms with Gasteiger partial charge in [0.2, 0.25) is 0 Å². The van der Waals surface area contributed by atoms with Gasteiger partial charge in [-0.1, -0.05) is 33.6 Å². The normalized spacial score (nSPS) is 22.9. The number of guanidine groups is 1. The van der Waals surface area contributed by atoms with Crippen molar-refractivity contribution in [1.29, 1.82) is 0 Å². The first-order chi connectivity index (χ1) is 12.1. The smallest absolute Gasteiger partial charge is 0.191 e. The van der Waals surface area contributed by atoms with Crippen LogP contribution in [0.25, 0.3) is 0 Å². The Hall–Kier alpha value is -1.59. The minimum absolute atomic E-state index is 0.383. The van der Waals surface area contributed by atoms with Crippen molar-refractivity contribution in [1.82, 2.24) is 25.4 Å². The van der Waals surface area contributed by atoms with Crippen LogP contribution in [0.2, 0.25) is 0 Å². The minimum Gasteiger partial charge on any atom is -0.356 e. The molecular weight excluding hydrogens is 312 g/mol. The Morgan fingerprint density at radius 3 is 2.72 bits per heavy atom. The molecule has 1 unspecified atom stereocenters. The Morgan fingerprint density at radius 2 is 2.08 bits per heavy atom. The lowest BCUT2D eigenvalue weighted by molar-refractivity contribution is 0.282. The zero-order valence-corrected chi connectivity index (χ0v) is 16.3. The van der Waals surface area contributed by atoms with Gasteiger partial charge >= 0.3 is 0 Å². The number of aromatic nitrogens is 3. The second kappa shape index (κ2) is 7.75. The van der Waals surface area contributed by atoms with E-state index in [9.17, 15) is 0 Å². The van der Waals surface area contributed by atoms with E-state index < -0.39 is 0 Å². The number of nitrogens with zero attached hydrogens (tertiary/aromatic N) is 4. The fourth-order valence-corrected chi connectivity index (χ4v) is 4.33. The maximum Gasteiger partial charge on any atom is 0.191 e. The van der Waals surface area contributed by atoms with Crippen molar-refractivity contribution in [2.24, 2.45) is 10.4 Å². The average molecular weight is 347 g/mol. The van der Waals surface area contributed by atoms with Gasteiger partial charge in [0.15, 0.2) is 5.96 Å². The monoisotopic (exact) mass is 346 g/mol. The summed E-state index contributed by atoms with van der Waals surface area (Å²) < 4.78 is 2.30. The SMILES string of the molecule is CCC1(CNC(=NC)NC2CCc3nnc(C(C)C)n3C2)CCCC1. The van der Waals surface area contributed by atoms with Crippen LogP contribution in [0, 0.1) is 5.41 Å². The summed E-state index contributed by atoms with van der Waals surface area (Å²) in [6.45, 7) is 8.65. The fraction of sp³-hybridized carbons (Fsp3) is 0.842. The highest BCUT2D eigenvalue weighted by Gasteiger charge is 2.32. The number of hydrogen-bond donors (Lipinski definition) is 2. The van der Waals surface area contributed by atoms with Crippen LogP contribution in [0.15, 0.2) is 4.99 Å². The van der Waals surface area contributed by atoms with Crippen molar-refractivity contribution in [2.45, 2.75) is 84.2 Å². The molecule has 1 saturated carbocycles. The van der Waals surface area contributed by atoms with E-state index in [0.717, 1.165) is 43.5 Å². The summed E-state index contributed by atoms with van der Waals surface area (Å²) in [4.78, 5) is 4.46. The van der Waals surface area contributed by atoms with E-state index in [4.69, 9.17) is 0 Å². The molecule has 1 aliphatic carbocycles. The molecule has 2 heterocycles. The molecule has 0 saturated heterocycles. The van der Waals surface area contributed by atoms with E-state index >= 15 is 0 Å². The van der Waals surface area contributed by atoms with Crippen molar-refractivity contribution >= 4 is 5.96 Å². The number of aryl methyl sites for hydroxylation is 1. The molecule has 6 nitrogen and oxygen atoms in total. The molecule has 3 rings (SSSR count).